The lowest BCUT2D eigenvalue weighted by atomic mass is 10.2. The molecule has 2 rings (SSSR count). The number of ether oxygens (including phenoxy) is 1. The molecule has 1 aromatic rings. The van der Waals surface area contributed by atoms with Gasteiger partial charge in [0.15, 0.2) is 0 Å². The van der Waals surface area contributed by atoms with Gasteiger partial charge >= 0.3 is 0 Å². The zero-order valence-corrected chi connectivity index (χ0v) is 9.56. The van der Waals surface area contributed by atoms with Crippen molar-refractivity contribution in [1.29, 1.82) is 0 Å². The predicted octanol–water partition coefficient (Wildman–Crippen LogP) is 3.51. The summed E-state index contributed by atoms with van der Waals surface area (Å²) < 4.78 is 5.79. The van der Waals surface area contributed by atoms with Gasteiger partial charge in [-0.25, -0.2) is 0 Å². The Bertz CT molecular complexity index is 318. The van der Waals surface area contributed by atoms with E-state index in [-0.39, 0.29) is 0 Å². The highest BCUT2D eigenvalue weighted by atomic mass is 32.2. The molecule has 1 aromatic carbocycles. The van der Waals surface area contributed by atoms with Gasteiger partial charge in [-0.2, -0.15) is 0 Å². The van der Waals surface area contributed by atoms with Gasteiger partial charge in [0.05, 0.1) is 6.61 Å². The maximum atomic E-state index is 5.79. The van der Waals surface area contributed by atoms with Crippen LogP contribution in [-0.2, 0) is 0 Å². The summed E-state index contributed by atoms with van der Waals surface area (Å²) in [5, 5.41) is 0. The normalized spacial score (nSPS) is 15.6. The smallest absolute Gasteiger partial charge is 0.123 e. The van der Waals surface area contributed by atoms with Gasteiger partial charge in [-0.3, -0.25) is 0 Å². The van der Waals surface area contributed by atoms with Gasteiger partial charge in [0.25, 0.3) is 0 Å². The molecule has 1 aliphatic carbocycles. The average molecular weight is 208 g/mol. The summed E-state index contributed by atoms with van der Waals surface area (Å²) in [6.07, 6.45) is 4.80. The Morgan fingerprint density at radius 3 is 2.86 bits per heavy atom. The lowest BCUT2D eigenvalue weighted by Crippen LogP contribution is -2.00. The van der Waals surface area contributed by atoms with E-state index in [1.165, 1.54) is 23.3 Å². The van der Waals surface area contributed by atoms with Crippen molar-refractivity contribution in [3.05, 3.63) is 23.8 Å². The second-order valence-corrected chi connectivity index (χ2v) is 4.69. The van der Waals surface area contributed by atoms with Crippen molar-refractivity contribution < 1.29 is 4.74 Å². The molecule has 0 heterocycles. The number of hydrogen-bond donors (Lipinski definition) is 0. The molecule has 76 valence electrons. The number of hydrogen-bond acceptors (Lipinski definition) is 2. The average Bonchev–Trinajstić information content (AvgIpc) is 3.00. The molecule has 0 unspecified atom stereocenters. The molecule has 1 nitrogen and oxygen atoms in total. The highest BCUT2D eigenvalue weighted by Gasteiger charge is 2.22. The monoisotopic (exact) mass is 208 g/mol. The zero-order valence-electron chi connectivity index (χ0n) is 8.75. The standard InChI is InChI=1S/C12H16OS/c1-9-11(13-8-10-6-7-10)4-3-5-12(9)14-2/h3-5,10H,6-8H2,1-2H3. The van der Waals surface area contributed by atoms with Gasteiger partial charge in [-0.1, -0.05) is 6.07 Å². The van der Waals surface area contributed by atoms with E-state index in [9.17, 15) is 0 Å². The lowest BCUT2D eigenvalue weighted by molar-refractivity contribution is 0.297. The van der Waals surface area contributed by atoms with Crippen LogP contribution in [-0.4, -0.2) is 12.9 Å². The highest BCUT2D eigenvalue weighted by molar-refractivity contribution is 7.98. The summed E-state index contributed by atoms with van der Waals surface area (Å²) in [6, 6.07) is 6.28. The molecule has 0 radical (unpaired) electrons. The Morgan fingerprint density at radius 2 is 2.21 bits per heavy atom. The topological polar surface area (TPSA) is 9.23 Å². The fourth-order valence-electron chi connectivity index (χ4n) is 1.46. The molecule has 0 aromatic heterocycles. The van der Waals surface area contributed by atoms with Crippen molar-refractivity contribution >= 4 is 11.8 Å². The first-order valence-electron chi connectivity index (χ1n) is 5.07. The van der Waals surface area contributed by atoms with Gasteiger partial charge < -0.3 is 4.74 Å². The maximum Gasteiger partial charge on any atom is 0.123 e. The molecular weight excluding hydrogens is 192 g/mol. The number of rotatable bonds is 4. The predicted molar refractivity (Wildman–Crippen MR) is 61.2 cm³/mol. The maximum absolute atomic E-state index is 5.79. The van der Waals surface area contributed by atoms with E-state index < -0.39 is 0 Å². The molecule has 2 heteroatoms. The first-order valence-corrected chi connectivity index (χ1v) is 6.30. The zero-order chi connectivity index (χ0) is 9.97. The molecule has 1 fully saturated rings. The minimum absolute atomic E-state index is 0.826. The van der Waals surface area contributed by atoms with Gasteiger partial charge in [0.1, 0.15) is 5.75 Å². The lowest BCUT2D eigenvalue weighted by Gasteiger charge is -2.10. The second kappa shape index (κ2) is 4.26. The minimum Gasteiger partial charge on any atom is -0.493 e. The molecule has 0 aliphatic heterocycles. The molecule has 0 spiro atoms. The summed E-state index contributed by atoms with van der Waals surface area (Å²) in [5.74, 6) is 1.89. The van der Waals surface area contributed by atoms with Crippen LogP contribution < -0.4 is 4.74 Å². The number of benzene rings is 1. The van der Waals surface area contributed by atoms with E-state index in [1.807, 2.05) is 0 Å². The molecular formula is C12H16OS. The molecule has 0 atom stereocenters. The molecule has 0 N–H and O–H groups in total. The summed E-state index contributed by atoms with van der Waals surface area (Å²) in [5.41, 5.74) is 1.28. The molecule has 14 heavy (non-hydrogen) atoms. The van der Waals surface area contributed by atoms with E-state index in [4.69, 9.17) is 4.74 Å². The van der Waals surface area contributed by atoms with E-state index in [0.717, 1.165) is 18.3 Å². The van der Waals surface area contributed by atoms with Crippen molar-refractivity contribution in [3.8, 4) is 5.75 Å². The Morgan fingerprint density at radius 1 is 1.43 bits per heavy atom. The van der Waals surface area contributed by atoms with Crippen LogP contribution in [0.2, 0.25) is 0 Å². The Labute approximate surface area is 89.9 Å². The SMILES string of the molecule is CSc1cccc(OCC2CC2)c1C. The van der Waals surface area contributed by atoms with E-state index >= 15 is 0 Å². The molecule has 0 amide bonds. The van der Waals surface area contributed by atoms with Crippen LogP contribution in [0.15, 0.2) is 23.1 Å². The number of thioether (sulfide) groups is 1. The van der Waals surface area contributed by atoms with Crippen LogP contribution in [0.5, 0.6) is 5.75 Å². The largest absolute Gasteiger partial charge is 0.493 e. The summed E-state index contributed by atoms with van der Waals surface area (Å²) >= 11 is 1.78. The molecule has 0 bridgehead atoms. The van der Waals surface area contributed by atoms with Crippen LogP contribution in [0, 0.1) is 12.8 Å². The first kappa shape index (κ1) is 9.91. The summed E-state index contributed by atoms with van der Waals surface area (Å²) in [4.78, 5) is 1.32. The fraction of sp³-hybridized carbons (Fsp3) is 0.500. The third-order valence-corrected chi connectivity index (χ3v) is 3.51. The van der Waals surface area contributed by atoms with Gasteiger partial charge in [0, 0.05) is 10.5 Å². The summed E-state index contributed by atoms with van der Waals surface area (Å²) in [6.45, 7) is 3.03. The Balaban J connectivity index is 2.06. The first-order chi connectivity index (χ1) is 6.81. The minimum atomic E-state index is 0.826. The van der Waals surface area contributed by atoms with Crippen LogP contribution in [0.4, 0.5) is 0 Å². The molecule has 0 saturated heterocycles. The highest BCUT2D eigenvalue weighted by Crippen LogP contribution is 2.32. The Hall–Kier alpha value is -0.630. The third-order valence-electron chi connectivity index (χ3n) is 2.63. The van der Waals surface area contributed by atoms with Gasteiger partial charge in [-0.15, -0.1) is 11.8 Å². The van der Waals surface area contributed by atoms with Gasteiger partial charge in [-0.05, 0) is 44.1 Å². The summed E-state index contributed by atoms with van der Waals surface area (Å²) in [7, 11) is 0. The van der Waals surface area contributed by atoms with Crippen molar-refractivity contribution in [3.63, 3.8) is 0 Å². The van der Waals surface area contributed by atoms with Crippen molar-refractivity contribution in [1.82, 2.24) is 0 Å². The Kier molecular flexibility index (Phi) is 3.02. The third kappa shape index (κ3) is 2.24. The molecule has 1 aliphatic rings. The van der Waals surface area contributed by atoms with Crippen LogP contribution >= 0.6 is 11.8 Å². The van der Waals surface area contributed by atoms with Crippen LogP contribution in [0.25, 0.3) is 0 Å². The van der Waals surface area contributed by atoms with Crippen molar-refractivity contribution in [2.24, 2.45) is 5.92 Å². The van der Waals surface area contributed by atoms with E-state index in [1.54, 1.807) is 11.8 Å². The quantitative estimate of drug-likeness (QED) is 0.700. The molecule has 1 saturated carbocycles. The van der Waals surface area contributed by atoms with Crippen LogP contribution in [0.3, 0.4) is 0 Å². The van der Waals surface area contributed by atoms with Crippen LogP contribution in [0.1, 0.15) is 18.4 Å². The van der Waals surface area contributed by atoms with E-state index in [2.05, 4.69) is 31.4 Å². The van der Waals surface area contributed by atoms with Crippen molar-refractivity contribution in [2.45, 2.75) is 24.7 Å². The fourth-order valence-corrected chi connectivity index (χ4v) is 2.09. The van der Waals surface area contributed by atoms with Gasteiger partial charge in [0.2, 0.25) is 0 Å². The van der Waals surface area contributed by atoms with E-state index in [0.29, 0.717) is 0 Å². The second-order valence-electron chi connectivity index (χ2n) is 3.84. The van der Waals surface area contributed by atoms with Crippen molar-refractivity contribution in [2.75, 3.05) is 12.9 Å².